The normalized spacial score (nSPS) is 14.1. The third-order valence-corrected chi connectivity index (χ3v) is 10.0. The van der Waals surface area contributed by atoms with E-state index in [4.69, 9.17) is 11.6 Å². The molecular formula is C35H35ClFN3O4S. The fourth-order valence-electron chi connectivity index (χ4n) is 5.56. The Morgan fingerprint density at radius 2 is 1.42 bits per heavy atom. The number of halogens is 2. The molecular weight excluding hydrogens is 613 g/mol. The number of sulfonamides is 1. The zero-order valence-electron chi connectivity index (χ0n) is 24.7. The van der Waals surface area contributed by atoms with E-state index < -0.39 is 34.3 Å². The van der Waals surface area contributed by atoms with Crippen LogP contribution in [0.2, 0.25) is 5.02 Å². The van der Waals surface area contributed by atoms with Crippen molar-refractivity contribution in [2.24, 2.45) is 0 Å². The average molecular weight is 648 g/mol. The zero-order chi connectivity index (χ0) is 31.8. The molecule has 2 amide bonds. The molecule has 0 unspecified atom stereocenters. The SMILES string of the molecule is O=C(NC1CCCC1)[C@H](Cc1ccccc1)N(Cc1ccc(Cl)cc1)C(=O)CN(c1ccc(F)cc1)S(=O)(=O)c1ccccc1. The Bertz CT molecular complexity index is 1680. The second-order valence-electron chi connectivity index (χ2n) is 11.1. The van der Waals surface area contributed by atoms with E-state index in [1.54, 1.807) is 42.5 Å². The minimum Gasteiger partial charge on any atom is -0.352 e. The summed E-state index contributed by atoms with van der Waals surface area (Å²) in [5, 5.41) is 3.67. The summed E-state index contributed by atoms with van der Waals surface area (Å²) < 4.78 is 42.8. The number of nitrogens with zero attached hydrogens (tertiary/aromatic N) is 2. The molecule has 5 rings (SSSR count). The number of benzene rings is 4. The summed E-state index contributed by atoms with van der Waals surface area (Å²) in [7, 11) is -4.25. The van der Waals surface area contributed by atoms with Crippen molar-refractivity contribution in [2.45, 2.75) is 55.6 Å². The van der Waals surface area contributed by atoms with Crippen LogP contribution in [0.3, 0.4) is 0 Å². The first-order valence-electron chi connectivity index (χ1n) is 14.9. The van der Waals surface area contributed by atoms with Gasteiger partial charge in [0.15, 0.2) is 0 Å². The minimum atomic E-state index is -4.25. The quantitative estimate of drug-likeness (QED) is 0.194. The van der Waals surface area contributed by atoms with Gasteiger partial charge in [-0.2, -0.15) is 0 Å². The van der Waals surface area contributed by atoms with Crippen molar-refractivity contribution < 1.29 is 22.4 Å². The van der Waals surface area contributed by atoms with Gasteiger partial charge in [0.25, 0.3) is 10.0 Å². The Balaban J connectivity index is 1.55. The lowest BCUT2D eigenvalue weighted by atomic mass is 10.0. The molecule has 4 aromatic rings. The molecule has 0 saturated heterocycles. The van der Waals surface area contributed by atoms with Crippen LogP contribution < -0.4 is 9.62 Å². The van der Waals surface area contributed by atoms with E-state index in [9.17, 15) is 22.4 Å². The van der Waals surface area contributed by atoms with Crippen molar-refractivity contribution in [1.29, 1.82) is 0 Å². The molecule has 0 heterocycles. The predicted molar refractivity (Wildman–Crippen MR) is 174 cm³/mol. The van der Waals surface area contributed by atoms with Crippen LogP contribution in [0.1, 0.15) is 36.8 Å². The van der Waals surface area contributed by atoms with Crippen LogP contribution in [-0.4, -0.2) is 43.8 Å². The summed E-state index contributed by atoms with van der Waals surface area (Å²) >= 11 is 6.14. The van der Waals surface area contributed by atoms with Gasteiger partial charge in [-0.3, -0.25) is 13.9 Å². The third kappa shape index (κ3) is 8.29. The standard InChI is InChI=1S/C35H35ClFN3O4S/c36-28-17-15-27(16-18-28)24-39(33(23-26-9-3-1-4-10-26)35(42)38-30-11-7-8-12-30)34(41)25-40(31-21-19-29(37)20-22-31)45(43,44)32-13-5-2-6-14-32/h1-6,9-10,13-22,30,33H,7-8,11-12,23-25H2,(H,38,42)/t33-/m0/s1. The molecule has 0 radical (unpaired) electrons. The monoisotopic (exact) mass is 647 g/mol. The summed E-state index contributed by atoms with van der Waals surface area (Å²) in [6.45, 7) is -0.577. The second kappa shape index (κ2) is 14.7. The largest absolute Gasteiger partial charge is 0.352 e. The van der Waals surface area contributed by atoms with Crippen LogP contribution in [-0.2, 0) is 32.6 Å². The van der Waals surface area contributed by atoms with Crippen LogP contribution in [0.4, 0.5) is 10.1 Å². The highest BCUT2D eigenvalue weighted by Gasteiger charge is 2.35. The Morgan fingerprint density at radius 1 is 0.822 bits per heavy atom. The number of hydrogen-bond acceptors (Lipinski definition) is 4. The molecule has 0 aliphatic heterocycles. The molecule has 1 N–H and O–H groups in total. The van der Waals surface area contributed by atoms with Gasteiger partial charge in [-0.1, -0.05) is 85.1 Å². The molecule has 234 valence electrons. The fraction of sp³-hybridized carbons (Fsp3) is 0.257. The topological polar surface area (TPSA) is 86.8 Å². The van der Waals surface area contributed by atoms with E-state index in [1.807, 2.05) is 30.3 Å². The molecule has 1 aliphatic carbocycles. The number of carbonyl (C=O) groups is 2. The molecule has 45 heavy (non-hydrogen) atoms. The first-order chi connectivity index (χ1) is 21.7. The van der Waals surface area contributed by atoms with E-state index in [-0.39, 0.29) is 35.5 Å². The molecule has 4 aromatic carbocycles. The number of hydrogen-bond donors (Lipinski definition) is 1. The van der Waals surface area contributed by atoms with Crippen LogP contribution in [0.25, 0.3) is 0 Å². The lowest BCUT2D eigenvalue weighted by molar-refractivity contribution is -0.140. The van der Waals surface area contributed by atoms with Gasteiger partial charge in [-0.15, -0.1) is 0 Å². The second-order valence-corrected chi connectivity index (χ2v) is 13.4. The summed E-state index contributed by atoms with van der Waals surface area (Å²) in [4.78, 5) is 29.9. The predicted octanol–water partition coefficient (Wildman–Crippen LogP) is 6.37. The zero-order valence-corrected chi connectivity index (χ0v) is 26.3. The molecule has 1 aliphatic rings. The smallest absolute Gasteiger partial charge is 0.264 e. The van der Waals surface area contributed by atoms with E-state index in [0.717, 1.165) is 53.2 Å². The summed E-state index contributed by atoms with van der Waals surface area (Å²) in [5.74, 6) is -1.43. The molecule has 1 atom stereocenters. The first-order valence-corrected chi connectivity index (χ1v) is 16.7. The maximum atomic E-state index is 14.5. The fourth-order valence-corrected chi connectivity index (χ4v) is 7.12. The van der Waals surface area contributed by atoms with Gasteiger partial charge in [-0.25, -0.2) is 12.8 Å². The van der Waals surface area contributed by atoms with E-state index in [1.165, 1.54) is 29.2 Å². The maximum absolute atomic E-state index is 14.5. The number of carbonyl (C=O) groups excluding carboxylic acids is 2. The van der Waals surface area contributed by atoms with Crippen molar-refractivity contribution >= 4 is 39.1 Å². The molecule has 1 fully saturated rings. The van der Waals surface area contributed by atoms with Gasteiger partial charge in [0, 0.05) is 24.0 Å². The van der Waals surface area contributed by atoms with Gasteiger partial charge >= 0.3 is 0 Å². The lowest BCUT2D eigenvalue weighted by Crippen LogP contribution is -2.54. The maximum Gasteiger partial charge on any atom is 0.264 e. The van der Waals surface area contributed by atoms with E-state index in [2.05, 4.69) is 5.32 Å². The molecule has 0 aromatic heterocycles. The van der Waals surface area contributed by atoms with Crippen LogP contribution >= 0.6 is 11.6 Å². The molecule has 10 heteroatoms. The highest BCUT2D eigenvalue weighted by Crippen LogP contribution is 2.26. The van der Waals surface area contributed by atoms with Gasteiger partial charge in [-0.05, 0) is 72.5 Å². The van der Waals surface area contributed by atoms with Crippen LogP contribution in [0.5, 0.6) is 0 Å². The Kier molecular flexibility index (Phi) is 10.5. The molecule has 0 bridgehead atoms. The van der Waals surface area contributed by atoms with Crippen LogP contribution in [0.15, 0.2) is 114 Å². The highest BCUT2D eigenvalue weighted by molar-refractivity contribution is 7.92. The number of rotatable bonds is 12. The Morgan fingerprint density at radius 3 is 2.04 bits per heavy atom. The molecule has 1 saturated carbocycles. The van der Waals surface area contributed by atoms with E-state index >= 15 is 0 Å². The summed E-state index contributed by atoms with van der Waals surface area (Å²) in [5.41, 5.74) is 1.69. The summed E-state index contributed by atoms with van der Waals surface area (Å²) in [6.07, 6.45) is 3.99. The van der Waals surface area contributed by atoms with Crippen molar-refractivity contribution in [2.75, 3.05) is 10.8 Å². The first kappa shape index (κ1) is 32.2. The van der Waals surface area contributed by atoms with Crippen molar-refractivity contribution in [1.82, 2.24) is 10.2 Å². The number of anilines is 1. The van der Waals surface area contributed by atoms with Crippen molar-refractivity contribution in [3.05, 3.63) is 131 Å². The average Bonchev–Trinajstić information content (AvgIpc) is 3.57. The minimum absolute atomic E-state index is 0.0115. The highest BCUT2D eigenvalue weighted by atomic mass is 35.5. The number of nitrogens with one attached hydrogen (secondary N) is 1. The molecule has 7 nitrogen and oxygen atoms in total. The van der Waals surface area contributed by atoms with Gasteiger partial charge in [0.2, 0.25) is 11.8 Å². The van der Waals surface area contributed by atoms with Gasteiger partial charge in [0.05, 0.1) is 10.6 Å². The van der Waals surface area contributed by atoms with Gasteiger partial charge < -0.3 is 10.2 Å². The number of amides is 2. The van der Waals surface area contributed by atoms with Crippen molar-refractivity contribution in [3.8, 4) is 0 Å². The third-order valence-electron chi connectivity index (χ3n) is 7.96. The molecule has 0 spiro atoms. The Labute approximate surface area is 268 Å². The van der Waals surface area contributed by atoms with Gasteiger partial charge in [0.1, 0.15) is 18.4 Å². The lowest BCUT2D eigenvalue weighted by Gasteiger charge is -2.34. The van der Waals surface area contributed by atoms with Crippen molar-refractivity contribution in [3.63, 3.8) is 0 Å². The Hall–Kier alpha value is -4.21. The summed E-state index contributed by atoms with van der Waals surface area (Å²) in [6, 6.07) is 28.1. The van der Waals surface area contributed by atoms with E-state index in [0.29, 0.717) is 5.02 Å². The van der Waals surface area contributed by atoms with Crippen LogP contribution in [0, 0.1) is 5.82 Å².